The number of benzene rings is 3. The molecule has 0 unspecified atom stereocenters. The first-order valence-corrected chi connectivity index (χ1v) is 10.2. The van der Waals surface area contributed by atoms with E-state index in [1.807, 2.05) is 0 Å². The SMILES string of the molecule is [B]COc1ccc(-c2ccc(-c3ccc(C4COC(C=C)OC4)c(F)c3F)cc2)c(F)c1F. The topological polar surface area (TPSA) is 27.7 Å². The molecule has 0 aromatic heterocycles. The Bertz CT molecular complexity index is 1160. The lowest BCUT2D eigenvalue weighted by Crippen LogP contribution is -2.30. The summed E-state index contributed by atoms with van der Waals surface area (Å²) in [7, 11) is 5.20. The molecule has 4 rings (SSSR count). The van der Waals surface area contributed by atoms with Gasteiger partial charge in [0.1, 0.15) is 7.85 Å². The Morgan fingerprint density at radius 1 is 0.818 bits per heavy atom. The first-order chi connectivity index (χ1) is 15.9. The van der Waals surface area contributed by atoms with Crippen molar-refractivity contribution in [3.05, 3.63) is 90.0 Å². The van der Waals surface area contributed by atoms with Gasteiger partial charge in [-0.05, 0) is 34.9 Å². The molecule has 1 heterocycles. The summed E-state index contributed by atoms with van der Waals surface area (Å²) < 4.78 is 74.0. The maximum absolute atomic E-state index is 14.9. The zero-order chi connectivity index (χ0) is 23.5. The van der Waals surface area contributed by atoms with Crippen molar-refractivity contribution in [3.8, 4) is 28.0 Å². The van der Waals surface area contributed by atoms with Crippen LogP contribution in [-0.4, -0.2) is 33.9 Å². The molecule has 1 fully saturated rings. The van der Waals surface area contributed by atoms with Gasteiger partial charge < -0.3 is 14.2 Å². The highest BCUT2D eigenvalue weighted by Crippen LogP contribution is 2.34. The molecule has 0 atom stereocenters. The van der Waals surface area contributed by atoms with Gasteiger partial charge in [-0.15, -0.1) is 0 Å². The molecule has 33 heavy (non-hydrogen) atoms. The fourth-order valence-electron chi connectivity index (χ4n) is 3.72. The van der Waals surface area contributed by atoms with Crippen LogP contribution >= 0.6 is 0 Å². The van der Waals surface area contributed by atoms with Crippen molar-refractivity contribution in [2.24, 2.45) is 0 Å². The zero-order valence-electron chi connectivity index (χ0n) is 17.5. The van der Waals surface area contributed by atoms with Crippen LogP contribution in [0.15, 0.2) is 61.2 Å². The normalized spacial score (nSPS) is 18.2. The van der Waals surface area contributed by atoms with Crippen molar-refractivity contribution in [2.45, 2.75) is 12.2 Å². The number of ether oxygens (including phenoxy) is 3. The van der Waals surface area contributed by atoms with E-state index in [-0.39, 0.29) is 42.2 Å². The van der Waals surface area contributed by atoms with E-state index >= 15 is 0 Å². The van der Waals surface area contributed by atoms with E-state index in [4.69, 9.17) is 22.1 Å². The lowest BCUT2D eigenvalue weighted by atomic mass is 9.94. The van der Waals surface area contributed by atoms with E-state index in [0.29, 0.717) is 11.1 Å². The molecule has 168 valence electrons. The van der Waals surface area contributed by atoms with Crippen LogP contribution in [0.1, 0.15) is 11.5 Å². The highest BCUT2D eigenvalue weighted by atomic mass is 19.2. The van der Waals surface area contributed by atoms with Crippen LogP contribution in [0.5, 0.6) is 5.75 Å². The lowest BCUT2D eigenvalue weighted by molar-refractivity contribution is -0.159. The molecule has 0 N–H and O–H groups in total. The van der Waals surface area contributed by atoms with Gasteiger partial charge in [-0.25, -0.2) is 13.2 Å². The first-order valence-electron chi connectivity index (χ1n) is 10.2. The highest BCUT2D eigenvalue weighted by molar-refractivity contribution is 6.08. The van der Waals surface area contributed by atoms with E-state index in [9.17, 15) is 17.6 Å². The largest absolute Gasteiger partial charge is 0.500 e. The average molecular weight is 454 g/mol. The van der Waals surface area contributed by atoms with Gasteiger partial charge in [0.05, 0.1) is 13.2 Å². The van der Waals surface area contributed by atoms with Crippen molar-refractivity contribution in [2.75, 3.05) is 19.7 Å². The smallest absolute Gasteiger partial charge is 0.201 e. The van der Waals surface area contributed by atoms with Crippen molar-refractivity contribution in [3.63, 3.8) is 0 Å². The summed E-state index contributed by atoms with van der Waals surface area (Å²) in [6.07, 6.45) is 0.928. The Morgan fingerprint density at radius 3 is 1.91 bits per heavy atom. The number of hydrogen-bond donors (Lipinski definition) is 0. The average Bonchev–Trinajstić information content (AvgIpc) is 2.84. The molecule has 8 heteroatoms. The molecule has 0 bridgehead atoms. The minimum atomic E-state index is -1.15. The molecular weight excluding hydrogens is 435 g/mol. The molecule has 0 spiro atoms. The summed E-state index contributed by atoms with van der Waals surface area (Å²) >= 11 is 0. The Morgan fingerprint density at radius 2 is 1.36 bits per heavy atom. The van der Waals surface area contributed by atoms with Gasteiger partial charge in [0.25, 0.3) is 0 Å². The third-order valence-corrected chi connectivity index (χ3v) is 5.46. The van der Waals surface area contributed by atoms with Crippen LogP contribution in [0.3, 0.4) is 0 Å². The molecule has 1 aliphatic rings. The molecule has 3 nitrogen and oxygen atoms in total. The number of rotatable bonds is 6. The second-order valence-corrected chi connectivity index (χ2v) is 7.43. The Kier molecular flexibility index (Phi) is 6.86. The highest BCUT2D eigenvalue weighted by Gasteiger charge is 2.26. The van der Waals surface area contributed by atoms with Gasteiger partial charge in [-0.1, -0.05) is 43.0 Å². The van der Waals surface area contributed by atoms with Crippen LogP contribution < -0.4 is 4.74 Å². The number of halogens is 4. The van der Waals surface area contributed by atoms with Gasteiger partial charge in [-0.3, -0.25) is 0 Å². The summed E-state index contributed by atoms with van der Waals surface area (Å²) in [6.45, 7) is 3.64. The van der Waals surface area contributed by atoms with E-state index in [0.717, 1.165) is 0 Å². The summed E-state index contributed by atoms with van der Waals surface area (Å²) in [4.78, 5) is 0. The van der Waals surface area contributed by atoms with E-state index in [1.165, 1.54) is 54.6 Å². The van der Waals surface area contributed by atoms with Crippen molar-refractivity contribution in [1.29, 1.82) is 0 Å². The predicted octanol–water partition coefficient (Wildman–Crippen LogP) is 5.72. The summed E-state index contributed by atoms with van der Waals surface area (Å²) in [5.74, 6) is -4.97. The van der Waals surface area contributed by atoms with Crippen LogP contribution in [0.2, 0.25) is 0 Å². The standard InChI is InChI=1S/C25H19BF4O3/c1-2-21-31-11-16(12-32-21)19-8-7-17(22(27)23(19)28)14-3-5-15(6-4-14)18-9-10-20(33-13-26)25(30)24(18)29/h2-10,16,21H,1,11-13H2. The van der Waals surface area contributed by atoms with Gasteiger partial charge in [0.2, 0.25) is 5.82 Å². The van der Waals surface area contributed by atoms with E-state index in [2.05, 4.69) is 6.58 Å². The molecule has 0 aliphatic carbocycles. The second-order valence-electron chi connectivity index (χ2n) is 7.43. The lowest BCUT2D eigenvalue weighted by Gasteiger charge is -2.28. The summed E-state index contributed by atoms with van der Waals surface area (Å²) in [5, 5.41) is 0. The molecule has 0 saturated carbocycles. The van der Waals surface area contributed by atoms with Gasteiger partial charge in [0, 0.05) is 23.6 Å². The van der Waals surface area contributed by atoms with Crippen molar-refractivity contribution < 1.29 is 31.8 Å². The quantitative estimate of drug-likeness (QED) is 0.271. The maximum atomic E-state index is 14.9. The number of hydrogen-bond acceptors (Lipinski definition) is 3. The third-order valence-electron chi connectivity index (χ3n) is 5.46. The molecule has 1 aliphatic heterocycles. The summed E-state index contributed by atoms with van der Waals surface area (Å²) in [5.41, 5.74) is 0.949. The molecule has 3 aromatic rings. The van der Waals surface area contributed by atoms with Crippen molar-refractivity contribution >= 4 is 7.85 Å². The molecular formula is C25H19BF4O3. The molecule has 0 amide bonds. The van der Waals surface area contributed by atoms with Crippen LogP contribution in [-0.2, 0) is 9.47 Å². The third kappa shape index (κ3) is 4.54. The fraction of sp³-hybridized carbons (Fsp3) is 0.200. The minimum absolute atomic E-state index is 0.000508. The van der Waals surface area contributed by atoms with E-state index in [1.54, 1.807) is 0 Å². The molecule has 1 saturated heterocycles. The van der Waals surface area contributed by atoms with Gasteiger partial charge in [-0.2, -0.15) is 4.39 Å². The minimum Gasteiger partial charge on any atom is -0.500 e. The van der Waals surface area contributed by atoms with Crippen LogP contribution in [0, 0.1) is 23.3 Å². The first kappa shape index (κ1) is 23.1. The van der Waals surface area contributed by atoms with Crippen LogP contribution in [0.4, 0.5) is 17.6 Å². The van der Waals surface area contributed by atoms with Gasteiger partial charge >= 0.3 is 0 Å². The van der Waals surface area contributed by atoms with Crippen LogP contribution in [0.25, 0.3) is 22.3 Å². The zero-order valence-corrected chi connectivity index (χ0v) is 17.5. The molecule has 2 radical (unpaired) electrons. The monoisotopic (exact) mass is 454 g/mol. The second kappa shape index (κ2) is 9.81. The summed E-state index contributed by atoms with van der Waals surface area (Å²) in [6, 6.07) is 11.6. The van der Waals surface area contributed by atoms with Gasteiger partial charge in [0.15, 0.2) is 29.5 Å². The Labute approximate surface area is 190 Å². The molecule has 3 aromatic carbocycles. The maximum Gasteiger partial charge on any atom is 0.201 e. The Balaban J connectivity index is 1.59. The Hall–Kier alpha value is -3.10. The fourth-order valence-corrected chi connectivity index (χ4v) is 3.72. The van der Waals surface area contributed by atoms with Crippen molar-refractivity contribution in [1.82, 2.24) is 0 Å². The predicted molar refractivity (Wildman–Crippen MR) is 117 cm³/mol. The van der Waals surface area contributed by atoms with E-state index < -0.39 is 35.5 Å².